The van der Waals surface area contributed by atoms with Gasteiger partial charge in [-0.1, -0.05) is 30.3 Å². The molecule has 0 aliphatic carbocycles. The normalized spacial score (nSPS) is 12.1. The van der Waals surface area contributed by atoms with Crippen LogP contribution in [0.15, 0.2) is 54.7 Å². The minimum atomic E-state index is -0.00621. The fourth-order valence-electron chi connectivity index (χ4n) is 2.38. The van der Waals surface area contributed by atoms with Crippen LogP contribution in [0.2, 0.25) is 0 Å². The molecule has 0 saturated heterocycles. The number of benzene rings is 1. The van der Waals surface area contributed by atoms with Gasteiger partial charge in [0.15, 0.2) is 5.82 Å². The summed E-state index contributed by atoms with van der Waals surface area (Å²) in [5.74, 6) is 1.34. The van der Waals surface area contributed by atoms with Crippen molar-refractivity contribution in [2.24, 2.45) is 0 Å². The molecule has 0 spiro atoms. The smallest absolute Gasteiger partial charge is 0.175 e. The SMILES string of the molecule is Cc1ccn(-c2ccc(N[C@@H](CCO)c3ccccc3)nn2)n1. The zero-order chi connectivity index (χ0) is 16.1. The number of aryl methyl sites for hydroxylation is 1. The number of anilines is 1. The summed E-state index contributed by atoms with van der Waals surface area (Å²) in [4.78, 5) is 0. The molecule has 0 unspecified atom stereocenters. The monoisotopic (exact) mass is 309 g/mol. The predicted molar refractivity (Wildman–Crippen MR) is 88.4 cm³/mol. The number of aromatic nitrogens is 4. The van der Waals surface area contributed by atoms with Crippen molar-refractivity contribution >= 4 is 5.82 Å². The highest BCUT2D eigenvalue weighted by atomic mass is 16.3. The Morgan fingerprint density at radius 1 is 1.09 bits per heavy atom. The van der Waals surface area contributed by atoms with E-state index in [1.165, 1.54) is 0 Å². The van der Waals surface area contributed by atoms with E-state index in [1.807, 2.05) is 61.7 Å². The molecule has 6 nitrogen and oxygen atoms in total. The molecule has 0 radical (unpaired) electrons. The standard InChI is InChI=1S/C17H19N5O/c1-13-9-11-22(21-13)17-8-7-16(19-20-17)18-15(10-12-23)14-5-3-2-4-6-14/h2-9,11,15,23H,10,12H2,1H3,(H,18,19)/t15-/m0/s1. The van der Waals surface area contributed by atoms with Crippen LogP contribution in [0.3, 0.4) is 0 Å². The highest BCUT2D eigenvalue weighted by molar-refractivity contribution is 5.39. The Balaban J connectivity index is 1.76. The van der Waals surface area contributed by atoms with Gasteiger partial charge in [-0.25, -0.2) is 4.68 Å². The fraction of sp³-hybridized carbons (Fsp3) is 0.235. The van der Waals surface area contributed by atoms with Crippen LogP contribution in [0.25, 0.3) is 5.82 Å². The van der Waals surface area contributed by atoms with Crippen molar-refractivity contribution in [2.75, 3.05) is 11.9 Å². The number of aliphatic hydroxyl groups is 1. The van der Waals surface area contributed by atoms with Gasteiger partial charge in [0.05, 0.1) is 11.7 Å². The molecule has 2 N–H and O–H groups in total. The van der Waals surface area contributed by atoms with Crippen molar-refractivity contribution < 1.29 is 5.11 Å². The van der Waals surface area contributed by atoms with Crippen LogP contribution in [0.5, 0.6) is 0 Å². The molecule has 2 aromatic heterocycles. The molecule has 3 aromatic rings. The second-order valence-electron chi connectivity index (χ2n) is 5.30. The average molecular weight is 309 g/mol. The Bertz CT molecular complexity index is 739. The molecule has 1 aromatic carbocycles. The minimum Gasteiger partial charge on any atom is -0.396 e. The van der Waals surface area contributed by atoms with E-state index in [1.54, 1.807) is 4.68 Å². The lowest BCUT2D eigenvalue weighted by Crippen LogP contribution is -2.14. The summed E-state index contributed by atoms with van der Waals surface area (Å²) in [6, 6.07) is 15.6. The molecule has 6 heteroatoms. The highest BCUT2D eigenvalue weighted by Gasteiger charge is 2.11. The van der Waals surface area contributed by atoms with Gasteiger partial charge in [0.1, 0.15) is 5.82 Å². The van der Waals surface area contributed by atoms with Gasteiger partial charge < -0.3 is 10.4 Å². The summed E-state index contributed by atoms with van der Waals surface area (Å²) in [7, 11) is 0. The number of aliphatic hydroxyl groups excluding tert-OH is 1. The second-order valence-corrected chi connectivity index (χ2v) is 5.30. The van der Waals surface area contributed by atoms with Crippen molar-refractivity contribution in [1.29, 1.82) is 0 Å². The molecule has 0 bridgehead atoms. The van der Waals surface area contributed by atoms with Crippen molar-refractivity contribution in [1.82, 2.24) is 20.0 Å². The van der Waals surface area contributed by atoms with E-state index in [4.69, 9.17) is 0 Å². The van der Waals surface area contributed by atoms with Crippen LogP contribution in [-0.4, -0.2) is 31.7 Å². The third kappa shape index (κ3) is 3.73. The summed E-state index contributed by atoms with van der Waals surface area (Å²) in [6.45, 7) is 2.03. The van der Waals surface area contributed by atoms with E-state index in [0.717, 1.165) is 11.3 Å². The zero-order valence-corrected chi connectivity index (χ0v) is 12.9. The second kappa shape index (κ2) is 7.02. The molecule has 0 saturated carbocycles. The van der Waals surface area contributed by atoms with Crippen molar-refractivity contribution in [2.45, 2.75) is 19.4 Å². The summed E-state index contributed by atoms with van der Waals surface area (Å²) < 4.78 is 1.69. The van der Waals surface area contributed by atoms with Crippen molar-refractivity contribution in [3.63, 3.8) is 0 Å². The molecule has 118 valence electrons. The number of hydrogen-bond acceptors (Lipinski definition) is 5. The predicted octanol–water partition coefficient (Wildman–Crippen LogP) is 2.51. The van der Waals surface area contributed by atoms with E-state index >= 15 is 0 Å². The van der Waals surface area contributed by atoms with Crippen molar-refractivity contribution in [3.8, 4) is 5.82 Å². The Morgan fingerprint density at radius 2 is 1.91 bits per heavy atom. The van der Waals surface area contributed by atoms with Gasteiger partial charge in [0.25, 0.3) is 0 Å². The molecule has 0 fully saturated rings. The maximum absolute atomic E-state index is 9.28. The summed E-state index contributed by atoms with van der Waals surface area (Å²) >= 11 is 0. The Hall–Kier alpha value is -2.73. The third-order valence-electron chi connectivity index (χ3n) is 3.55. The fourth-order valence-corrected chi connectivity index (χ4v) is 2.38. The zero-order valence-electron chi connectivity index (χ0n) is 12.9. The first-order valence-electron chi connectivity index (χ1n) is 7.55. The van der Waals surface area contributed by atoms with Gasteiger partial charge in [-0.15, -0.1) is 10.2 Å². The van der Waals surface area contributed by atoms with Crippen molar-refractivity contribution in [3.05, 3.63) is 66.0 Å². The van der Waals surface area contributed by atoms with Gasteiger partial charge in [-0.2, -0.15) is 5.10 Å². The van der Waals surface area contributed by atoms with Gasteiger partial charge >= 0.3 is 0 Å². The molecule has 2 heterocycles. The lowest BCUT2D eigenvalue weighted by molar-refractivity contribution is 0.280. The van der Waals surface area contributed by atoms with Gasteiger partial charge in [-0.05, 0) is 37.1 Å². The van der Waals surface area contributed by atoms with Crippen LogP contribution < -0.4 is 5.32 Å². The van der Waals surface area contributed by atoms with Crippen LogP contribution in [-0.2, 0) is 0 Å². The van der Waals surface area contributed by atoms with E-state index in [9.17, 15) is 5.11 Å². The topological polar surface area (TPSA) is 75.9 Å². The Kier molecular flexibility index (Phi) is 4.63. The quantitative estimate of drug-likeness (QED) is 0.731. The number of nitrogens with one attached hydrogen (secondary N) is 1. The first kappa shape index (κ1) is 15.2. The van der Waals surface area contributed by atoms with Gasteiger partial charge in [0, 0.05) is 12.8 Å². The Morgan fingerprint density at radius 3 is 2.52 bits per heavy atom. The average Bonchev–Trinajstić information content (AvgIpc) is 3.02. The summed E-state index contributed by atoms with van der Waals surface area (Å²) in [5, 5.41) is 25.3. The third-order valence-corrected chi connectivity index (χ3v) is 3.55. The number of hydrogen-bond donors (Lipinski definition) is 2. The molecule has 3 rings (SSSR count). The van der Waals surface area contributed by atoms with Crippen LogP contribution in [0.1, 0.15) is 23.7 Å². The molecule has 0 aliphatic heterocycles. The first-order chi connectivity index (χ1) is 11.3. The molecular weight excluding hydrogens is 290 g/mol. The van der Waals surface area contributed by atoms with Gasteiger partial charge in [0.2, 0.25) is 0 Å². The maximum atomic E-state index is 9.28. The highest BCUT2D eigenvalue weighted by Crippen LogP contribution is 2.21. The lowest BCUT2D eigenvalue weighted by Gasteiger charge is -2.18. The van der Waals surface area contributed by atoms with Gasteiger partial charge in [-0.3, -0.25) is 0 Å². The molecule has 1 atom stereocenters. The first-order valence-corrected chi connectivity index (χ1v) is 7.55. The molecular formula is C17H19N5O. The van der Waals surface area contributed by atoms with E-state index in [2.05, 4.69) is 20.6 Å². The number of nitrogens with zero attached hydrogens (tertiary/aromatic N) is 4. The maximum Gasteiger partial charge on any atom is 0.175 e. The molecule has 0 aliphatic rings. The van der Waals surface area contributed by atoms with E-state index in [-0.39, 0.29) is 12.6 Å². The lowest BCUT2D eigenvalue weighted by atomic mass is 10.0. The van der Waals surface area contributed by atoms with Crippen LogP contribution >= 0.6 is 0 Å². The van der Waals surface area contributed by atoms with E-state index in [0.29, 0.717) is 18.1 Å². The summed E-state index contributed by atoms with van der Waals surface area (Å²) in [5.41, 5.74) is 2.04. The minimum absolute atomic E-state index is 0.00621. The van der Waals surface area contributed by atoms with Crippen LogP contribution in [0.4, 0.5) is 5.82 Å². The van der Waals surface area contributed by atoms with E-state index < -0.39 is 0 Å². The number of rotatable bonds is 6. The molecule has 23 heavy (non-hydrogen) atoms. The van der Waals surface area contributed by atoms with Crippen LogP contribution in [0, 0.1) is 6.92 Å². The Labute approximate surface area is 134 Å². The summed E-state index contributed by atoms with van der Waals surface area (Å²) in [6.07, 6.45) is 2.46. The molecule has 0 amide bonds. The largest absolute Gasteiger partial charge is 0.396 e.